The monoisotopic (exact) mass is 562 g/mol. The zero-order valence-corrected chi connectivity index (χ0v) is 22.3. The summed E-state index contributed by atoms with van der Waals surface area (Å²) in [5, 5.41) is 5.23. The second-order valence-electron chi connectivity index (χ2n) is 7.79. The topological polar surface area (TPSA) is 109 Å². The summed E-state index contributed by atoms with van der Waals surface area (Å²) in [6, 6.07) is 11.6. The van der Waals surface area contributed by atoms with Crippen molar-refractivity contribution in [2.75, 3.05) is 11.9 Å². The Morgan fingerprint density at radius 2 is 1.66 bits per heavy atom. The van der Waals surface area contributed by atoms with Crippen molar-refractivity contribution >= 4 is 56.7 Å². The van der Waals surface area contributed by atoms with Gasteiger partial charge in [0.25, 0.3) is 11.8 Å². The van der Waals surface area contributed by atoms with E-state index in [9.17, 15) is 14.4 Å². The summed E-state index contributed by atoms with van der Waals surface area (Å²) >= 11 is 8.52. The Kier molecular flexibility index (Phi) is 12.2. The van der Waals surface area contributed by atoms with E-state index >= 15 is 0 Å². The first-order valence-corrected chi connectivity index (χ1v) is 12.8. The predicted octanol–water partition coefficient (Wildman–Crippen LogP) is 5.10. The number of anilines is 1. The van der Waals surface area contributed by atoms with Crippen molar-refractivity contribution in [2.45, 2.75) is 52.4 Å². The Balaban J connectivity index is 1.87. The summed E-state index contributed by atoms with van der Waals surface area (Å²) in [4.78, 5) is 36.8. The molecule has 0 atom stereocenters. The number of carbonyl (C=O) groups excluding carboxylic acids is 3. The molecule has 0 unspecified atom stereocenters. The van der Waals surface area contributed by atoms with Gasteiger partial charge in [0.1, 0.15) is 5.75 Å². The molecule has 4 N–H and O–H groups in total. The fourth-order valence-corrected chi connectivity index (χ4v) is 3.56. The summed E-state index contributed by atoms with van der Waals surface area (Å²) in [6.07, 6.45) is 5.44. The Morgan fingerprint density at radius 1 is 0.914 bits per heavy atom. The average molecular weight is 564 g/mol. The molecule has 8 nitrogen and oxygen atoms in total. The van der Waals surface area contributed by atoms with Crippen LogP contribution in [0.1, 0.15) is 73.1 Å². The quantitative estimate of drug-likeness (QED) is 0.172. The van der Waals surface area contributed by atoms with E-state index in [0.29, 0.717) is 35.6 Å². The SMILES string of the molecule is CCCCCCOc1ccc(Br)cc1C(=O)NC(=S)NNC(=O)c1ccc(NC(=O)CCC)cc1. The van der Waals surface area contributed by atoms with E-state index in [1.54, 1.807) is 42.5 Å². The van der Waals surface area contributed by atoms with Crippen molar-refractivity contribution in [2.24, 2.45) is 0 Å². The maximum Gasteiger partial charge on any atom is 0.269 e. The second-order valence-corrected chi connectivity index (χ2v) is 9.11. The van der Waals surface area contributed by atoms with Crippen LogP contribution in [0, 0.1) is 0 Å². The molecule has 2 rings (SSSR count). The van der Waals surface area contributed by atoms with Gasteiger partial charge in [-0.3, -0.25) is 30.6 Å². The van der Waals surface area contributed by atoms with Crippen molar-refractivity contribution in [3.8, 4) is 5.75 Å². The number of hydrogen-bond donors (Lipinski definition) is 4. The molecule has 188 valence electrons. The van der Waals surface area contributed by atoms with Crippen molar-refractivity contribution in [3.05, 3.63) is 58.1 Å². The van der Waals surface area contributed by atoms with Crippen LogP contribution < -0.4 is 26.2 Å². The molecule has 0 aromatic heterocycles. The third kappa shape index (κ3) is 10.0. The third-order valence-electron chi connectivity index (χ3n) is 4.87. The molecule has 0 aliphatic heterocycles. The van der Waals surface area contributed by atoms with Gasteiger partial charge in [-0.05, 0) is 67.5 Å². The second kappa shape index (κ2) is 15.1. The van der Waals surface area contributed by atoms with Crippen molar-refractivity contribution in [3.63, 3.8) is 0 Å². The van der Waals surface area contributed by atoms with Gasteiger partial charge in [-0.1, -0.05) is 49.0 Å². The average Bonchev–Trinajstić information content (AvgIpc) is 2.83. The summed E-state index contributed by atoms with van der Waals surface area (Å²) in [5.41, 5.74) is 6.25. The predicted molar refractivity (Wildman–Crippen MR) is 144 cm³/mol. The molecule has 0 spiro atoms. The van der Waals surface area contributed by atoms with Crippen molar-refractivity contribution in [1.82, 2.24) is 16.2 Å². The molecular formula is C25H31BrN4O4S. The fourth-order valence-electron chi connectivity index (χ4n) is 3.06. The summed E-state index contributed by atoms with van der Waals surface area (Å²) < 4.78 is 6.53. The van der Waals surface area contributed by atoms with Gasteiger partial charge in [0, 0.05) is 22.1 Å². The number of carbonyl (C=O) groups is 3. The Bertz CT molecular complexity index is 1030. The molecule has 2 aromatic rings. The maximum absolute atomic E-state index is 12.8. The summed E-state index contributed by atoms with van der Waals surface area (Å²) in [6.45, 7) is 4.58. The van der Waals surface area contributed by atoms with Crippen molar-refractivity contribution < 1.29 is 19.1 Å². The summed E-state index contributed by atoms with van der Waals surface area (Å²) in [7, 11) is 0. The van der Waals surface area contributed by atoms with Gasteiger partial charge >= 0.3 is 0 Å². The molecule has 10 heteroatoms. The zero-order valence-electron chi connectivity index (χ0n) is 19.9. The Labute approximate surface area is 219 Å². The lowest BCUT2D eigenvalue weighted by molar-refractivity contribution is -0.116. The molecule has 3 amide bonds. The first-order valence-electron chi connectivity index (χ1n) is 11.6. The number of unbranched alkanes of at least 4 members (excludes halogenated alkanes) is 3. The van der Waals surface area contributed by atoms with Gasteiger partial charge < -0.3 is 10.1 Å². The van der Waals surface area contributed by atoms with E-state index < -0.39 is 11.8 Å². The summed E-state index contributed by atoms with van der Waals surface area (Å²) in [5.74, 6) is -0.538. The number of nitrogens with one attached hydrogen (secondary N) is 4. The van der Waals surface area contributed by atoms with E-state index in [0.717, 1.165) is 36.6 Å². The fraction of sp³-hybridized carbons (Fsp3) is 0.360. The highest BCUT2D eigenvalue weighted by atomic mass is 79.9. The van der Waals surface area contributed by atoms with Crippen LogP contribution in [-0.2, 0) is 4.79 Å². The van der Waals surface area contributed by atoms with E-state index in [4.69, 9.17) is 17.0 Å². The molecule has 0 bridgehead atoms. The first kappa shape index (κ1) is 28.3. The molecule has 0 heterocycles. The number of benzene rings is 2. The zero-order chi connectivity index (χ0) is 25.6. The molecule has 0 aliphatic rings. The van der Waals surface area contributed by atoms with Gasteiger partial charge in [0.15, 0.2) is 5.11 Å². The van der Waals surface area contributed by atoms with Crippen LogP contribution in [0.25, 0.3) is 0 Å². The van der Waals surface area contributed by atoms with E-state index in [-0.39, 0.29) is 11.0 Å². The molecule has 35 heavy (non-hydrogen) atoms. The minimum absolute atomic E-state index is 0.0688. The molecule has 0 radical (unpaired) electrons. The maximum atomic E-state index is 12.8. The van der Waals surface area contributed by atoms with Crippen LogP contribution in [-0.4, -0.2) is 29.4 Å². The normalized spacial score (nSPS) is 10.3. The molecule has 0 fully saturated rings. The highest BCUT2D eigenvalue weighted by molar-refractivity contribution is 9.10. The van der Waals surface area contributed by atoms with Gasteiger partial charge in [-0.2, -0.15) is 0 Å². The molecular weight excluding hydrogens is 532 g/mol. The smallest absolute Gasteiger partial charge is 0.269 e. The van der Waals surface area contributed by atoms with E-state index in [2.05, 4.69) is 44.3 Å². The van der Waals surface area contributed by atoms with Crippen LogP contribution in [0.3, 0.4) is 0 Å². The van der Waals surface area contributed by atoms with Crippen LogP contribution in [0.4, 0.5) is 5.69 Å². The Morgan fingerprint density at radius 3 is 2.34 bits per heavy atom. The minimum Gasteiger partial charge on any atom is -0.493 e. The van der Waals surface area contributed by atoms with E-state index in [1.165, 1.54) is 0 Å². The number of amides is 3. The van der Waals surface area contributed by atoms with E-state index in [1.807, 2.05) is 6.92 Å². The first-order chi connectivity index (χ1) is 16.8. The van der Waals surface area contributed by atoms with Crippen molar-refractivity contribution in [1.29, 1.82) is 0 Å². The highest BCUT2D eigenvalue weighted by Gasteiger charge is 2.15. The van der Waals surface area contributed by atoms with Crippen LogP contribution in [0.15, 0.2) is 46.9 Å². The number of rotatable bonds is 11. The number of hydrogen-bond acceptors (Lipinski definition) is 5. The number of thiocarbonyl (C=S) groups is 1. The molecule has 0 aliphatic carbocycles. The lowest BCUT2D eigenvalue weighted by Gasteiger charge is -2.14. The van der Waals surface area contributed by atoms with Gasteiger partial charge in [0.05, 0.1) is 12.2 Å². The van der Waals surface area contributed by atoms with Crippen LogP contribution >= 0.6 is 28.1 Å². The van der Waals surface area contributed by atoms with Gasteiger partial charge in [0.2, 0.25) is 5.91 Å². The molecule has 0 saturated heterocycles. The number of hydrazine groups is 1. The Hall–Kier alpha value is -2.98. The third-order valence-corrected chi connectivity index (χ3v) is 5.56. The van der Waals surface area contributed by atoms with Crippen LogP contribution in [0.5, 0.6) is 5.75 Å². The minimum atomic E-state index is -0.464. The number of ether oxygens (including phenoxy) is 1. The standard InChI is InChI=1S/C25H31BrN4O4S/c1-3-5-6-7-15-34-21-14-11-18(26)16-20(21)24(33)28-25(35)30-29-23(32)17-9-12-19(13-10-17)27-22(31)8-4-2/h9-14,16H,3-8,15H2,1-2H3,(H,27,31)(H,29,32)(H2,28,30,33,35). The number of halogens is 1. The largest absolute Gasteiger partial charge is 0.493 e. The van der Waals surface area contributed by atoms with Crippen LogP contribution in [0.2, 0.25) is 0 Å². The lowest BCUT2D eigenvalue weighted by Crippen LogP contribution is -2.48. The highest BCUT2D eigenvalue weighted by Crippen LogP contribution is 2.23. The van der Waals surface area contributed by atoms with Gasteiger partial charge in [-0.25, -0.2) is 0 Å². The van der Waals surface area contributed by atoms with Gasteiger partial charge in [-0.15, -0.1) is 0 Å². The molecule has 2 aromatic carbocycles. The lowest BCUT2D eigenvalue weighted by atomic mass is 10.2. The molecule has 0 saturated carbocycles.